The van der Waals surface area contributed by atoms with Gasteiger partial charge in [0.1, 0.15) is 0 Å². The lowest BCUT2D eigenvalue weighted by Gasteiger charge is -2.26. The van der Waals surface area contributed by atoms with Gasteiger partial charge >= 0.3 is 0 Å². The highest BCUT2D eigenvalue weighted by Gasteiger charge is 2.17. The zero-order valence-electron chi connectivity index (χ0n) is 11.8. The Balaban J connectivity index is 1.59. The molecule has 3 rings (SSSR count). The number of hydrogen-bond donors (Lipinski definition) is 2. The van der Waals surface area contributed by atoms with E-state index in [1.807, 2.05) is 11.0 Å². The van der Waals surface area contributed by atoms with Crippen LogP contribution in [-0.4, -0.2) is 46.5 Å². The van der Waals surface area contributed by atoms with Gasteiger partial charge in [-0.2, -0.15) is 5.10 Å². The van der Waals surface area contributed by atoms with Crippen molar-refractivity contribution < 1.29 is 9.59 Å². The average Bonchev–Trinajstić information content (AvgIpc) is 3.00. The van der Waals surface area contributed by atoms with Gasteiger partial charge in [0.15, 0.2) is 0 Å². The van der Waals surface area contributed by atoms with Gasteiger partial charge in [-0.15, -0.1) is 0 Å². The van der Waals surface area contributed by atoms with Crippen LogP contribution in [0.2, 0.25) is 0 Å². The summed E-state index contributed by atoms with van der Waals surface area (Å²) in [4.78, 5) is 25.9. The van der Waals surface area contributed by atoms with Gasteiger partial charge in [-0.05, 0) is 31.4 Å². The van der Waals surface area contributed by atoms with Crippen LogP contribution in [0.25, 0.3) is 10.9 Å². The molecular formula is C15H18N4O2. The molecule has 2 amide bonds. The number of fused-ring (bicyclic) bond motifs is 1. The van der Waals surface area contributed by atoms with Crippen LogP contribution >= 0.6 is 0 Å². The number of rotatable bonds is 3. The van der Waals surface area contributed by atoms with Gasteiger partial charge in [-0.25, -0.2) is 0 Å². The Hall–Kier alpha value is -2.37. The Morgan fingerprint density at radius 1 is 1.24 bits per heavy atom. The van der Waals surface area contributed by atoms with E-state index < -0.39 is 0 Å². The summed E-state index contributed by atoms with van der Waals surface area (Å²) >= 11 is 0. The highest BCUT2D eigenvalue weighted by molar-refractivity contribution is 5.99. The van der Waals surface area contributed by atoms with Crippen LogP contribution in [0.1, 0.15) is 29.6 Å². The second-order valence-electron chi connectivity index (χ2n) is 5.30. The number of nitrogens with one attached hydrogen (secondary N) is 2. The number of aromatic amines is 1. The molecule has 1 aliphatic heterocycles. The van der Waals surface area contributed by atoms with Crippen LogP contribution in [0.5, 0.6) is 0 Å². The Labute approximate surface area is 122 Å². The molecule has 110 valence electrons. The number of carbonyl (C=O) groups is 2. The van der Waals surface area contributed by atoms with Crippen molar-refractivity contribution in [3.05, 3.63) is 30.0 Å². The molecule has 0 bridgehead atoms. The monoisotopic (exact) mass is 286 g/mol. The summed E-state index contributed by atoms with van der Waals surface area (Å²) in [5.74, 6) is -0.248. The number of amides is 2. The van der Waals surface area contributed by atoms with Crippen molar-refractivity contribution in [1.82, 2.24) is 20.4 Å². The highest BCUT2D eigenvalue weighted by Crippen LogP contribution is 2.12. The van der Waals surface area contributed by atoms with Gasteiger partial charge < -0.3 is 10.2 Å². The lowest BCUT2D eigenvalue weighted by Crippen LogP contribution is -2.42. The summed E-state index contributed by atoms with van der Waals surface area (Å²) < 4.78 is 0. The molecule has 1 fully saturated rings. The third-order valence-corrected chi connectivity index (χ3v) is 3.81. The van der Waals surface area contributed by atoms with E-state index in [1.54, 1.807) is 18.3 Å². The summed E-state index contributed by atoms with van der Waals surface area (Å²) in [6.45, 7) is 1.66. The van der Waals surface area contributed by atoms with Crippen molar-refractivity contribution in [2.45, 2.75) is 19.3 Å². The molecule has 6 heteroatoms. The molecule has 1 aromatic carbocycles. The topological polar surface area (TPSA) is 78.1 Å². The highest BCUT2D eigenvalue weighted by atomic mass is 16.2. The maximum Gasteiger partial charge on any atom is 0.251 e. The Morgan fingerprint density at radius 2 is 2.05 bits per heavy atom. The Bertz CT molecular complexity index is 658. The van der Waals surface area contributed by atoms with Gasteiger partial charge in [-0.3, -0.25) is 14.7 Å². The average molecular weight is 286 g/mol. The van der Waals surface area contributed by atoms with Crippen LogP contribution in [0.3, 0.4) is 0 Å². The SMILES string of the molecule is O=C(NCC(=O)N1CCCCC1)c1ccc2cn[nH]c2c1. The van der Waals surface area contributed by atoms with Crippen LogP contribution in [0.4, 0.5) is 0 Å². The predicted molar refractivity (Wildman–Crippen MR) is 78.9 cm³/mol. The van der Waals surface area contributed by atoms with E-state index in [9.17, 15) is 9.59 Å². The summed E-state index contributed by atoms with van der Waals surface area (Å²) in [5.41, 5.74) is 1.34. The van der Waals surface area contributed by atoms with Gasteiger partial charge in [0.05, 0.1) is 18.3 Å². The van der Waals surface area contributed by atoms with Crippen LogP contribution < -0.4 is 5.32 Å². The fourth-order valence-corrected chi connectivity index (χ4v) is 2.59. The summed E-state index contributed by atoms with van der Waals surface area (Å²) in [6.07, 6.45) is 4.99. The van der Waals surface area contributed by atoms with Crippen molar-refractivity contribution in [2.24, 2.45) is 0 Å². The lowest BCUT2D eigenvalue weighted by atomic mass is 10.1. The molecule has 2 N–H and O–H groups in total. The van der Waals surface area contributed by atoms with Crippen LogP contribution in [0.15, 0.2) is 24.4 Å². The smallest absolute Gasteiger partial charge is 0.251 e. The van der Waals surface area contributed by atoms with Crippen molar-refractivity contribution in [3.63, 3.8) is 0 Å². The quantitative estimate of drug-likeness (QED) is 0.893. The van der Waals surface area contributed by atoms with Gasteiger partial charge in [0.2, 0.25) is 5.91 Å². The van der Waals surface area contributed by atoms with Gasteiger partial charge in [0.25, 0.3) is 5.91 Å². The van der Waals surface area contributed by atoms with Gasteiger partial charge in [0, 0.05) is 24.0 Å². The number of aromatic nitrogens is 2. The number of carbonyl (C=O) groups excluding carboxylic acids is 2. The number of likely N-dealkylation sites (tertiary alicyclic amines) is 1. The lowest BCUT2D eigenvalue weighted by molar-refractivity contribution is -0.130. The third kappa shape index (κ3) is 3.04. The standard InChI is InChI=1S/C15H18N4O2/c20-14(19-6-2-1-3-7-19)10-16-15(21)11-4-5-12-9-17-18-13(12)8-11/h4-5,8-9H,1-3,6-7,10H2,(H,16,21)(H,17,18). The molecule has 6 nitrogen and oxygen atoms in total. The summed E-state index contributed by atoms with van der Waals surface area (Å²) in [5, 5.41) is 10.4. The van der Waals surface area contributed by atoms with E-state index in [0.29, 0.717) is 5.56 Å². The van der Waals surface area contributed by atoms with E-state index in [2.05, 4.69) is 15.5 Å². The summed E-state index contributed by atoms with van der Waals surface area (Å²) in [7, 11) is 0. The molecule has 2 aromatic rings. The first-order valence-corrected chi connectivity index (χ1v) is 7.23. The normalized spacial score (nSPS) is 15.1. The zero-order chi connectivity index (χ0) is 14.7. The van der Waals surface area contributed by atoms with Crippen molar-refractivity contribution in [2.75, 3.05) is 19.6 Å². The fraction of sp³-hybridized carbons (Fsp3) is 0.400. The first-order chi connectivity index (χ1) is 10.2. The molecule has 0 saturated carbocycles. The first-order valence-electron chi connectivity index (χ1n) is 7.23. The van der Waals surface area contributed by atoms with E-state index in [1.165, 1.54) is 6.42 Å². The molecule has 1 aromatic heterocycles. The van der Waals surface area contributed by atoms with E-state index in [-0.39, 0.29) is 18.4 Å². The van der Waals surface area contributed by atoms with Crippen molar-refractivity contribution >= 4 is 22.7 Å². The maximum absolute atomic E-state index is 12.1. The molecule has 1 saturated heterocycles. The largest absolute Gasteiger partial charge is 0.343 e. The number of H-pyrrole nitrogens is 1. The molecule has 0 unspecified atom stereocenters. The third-order valence-electron chi connectivity index (χ3n) is 3.81. The first kappa shape index (κ1) is 13.6. The number of piperidine rings is 1. The number of hydrogen-bond acceptors (Lipinski definition) is 3. The van der Waals surface area contributed by atoms with E-state index >= 15 is 0 Å². The molecule has 0 atom stereocenters. The minimum absolute atomic E-state index is 0.00864. The molecule has 0 spiro atoms. The molecule has 0 radical (unpaired) electrons. The molecule has 21 heavy (non-hydrogen) atoms. The van der Waals surface area contributed by atoms with Gasteiger partial charge in [-0.1, -0.05) is 6.07 Å². The second-order valence-corrected chi connectivity index (χ2v) is 5.30. The van der Waals surface area contributed by atoms with Crippen molar-refractivity contribution in [1.29, 1.82) is 0 Å². The van der Waals surface area contributed by atoms with E-state index in [0.717, 1.165) is 36.8 Å². The Morgan fingerprint density at radius 3 is 2.86 bits per heavy atom. The maximum atomic E-state index is 12.1. The number of nitrogens with zero attached hydrogens (tertiary/aromatic N) is 2. The van der Waals surface area contributed by atoms with Crippen LogP contribution in [-0.2, 0) is 4.79 Å². The van der Waals surface area contributed by atoms with E-state index in [4.69, 9.17) is 0 Å². The molecule has 1 aliphatic rings. The molecule has 2 heterocycles. The molecule has 0 aliphatic carbocycles. The summed E-state index contributed by atoms with van der Waals surface area (Å²) in [6, 6.07) is 5.31. The molecular weight excluding hydrogens is 268 g/mol. The predicted octanol–water partition coefficient (Wildman–Crippen LogP) is 1.31. The number of benzene rings is 1. The minimum atomic E-state index is -0.239. The minimum Gasteiger partial charge on any atom is -0.343 e. The van der Waals surface area contributed by atoms with Crippen molar-refractivity contribution in [3.8, 4) is 0 Å². The van der Waals surface area contributed by atoms with Crippen LogP contribution in [0, 0.1) is 0 Å². The fourth-order valence-electron chi connectivity index (χ4n) is 2.59. The Kier molecular flexibility index (Phi) is 3.85. The second kappa shape index (κ2) is 5.95. The zero-order valence-corrected chi connectivity index (χ0v) is 11.8.